The minimum atomic E-state index is -0.0401. The van der Waals surface area contributed by atoms with Crippen LogP contribution in [0.15, 0.2) is 28.7 Å². The fourth-order valence-corrected chi connectivity index (χ4v) is 1.81. The van der Waals surface area contributed by atoms with Gasteiger partial charge in [0.25, 0.3) is 0 Å². The highest BCUT2D eigenvalue weighted by Gasteiger charge is 2.12. The molecule has 0 aliphatic heterocycles. The molecule has 0 fully saturated rings. The molecule has 0 spiro atoms. The second-order valence-corrected chi connectivity index (χ2v) is 4.20. The number of hydrogen-bond acceptors (Lipinski definition) is 4. The molecule has 1 heterocycles. The van der Waals surface area contributed by atoms with Crippen molar-refractivity contribution in [2.24, 2.45) is 0 Å². The van der Waals surface area contributed by atoms with E-state index in [0.717, 1.165) is 16.5 Å². The molecule has 0 aliphatic carbocycles. The molecule has 1 aromatic carbocycles. The van der Waals surface area contributed by atoms with Crippen LogP contribution in [0, 0.1) is 6.92 Å². The summed E-state index contributed by atoms with van der Waals surface area (Å²) in [4.78, 5) is 11.9. The Morgan fingerprint density at radius 1 is 1.44 bits per heavy atom. The maximum atomic E-state index is 11.9. The summed E-state index contributed by atoms with van der Waals surface area (Å²) in [5.41, 5.74) is 1.83. The van der Waals surface area contributed by atoms with Crippen molar-refractivity contribution < 1.29 is 13.9 Å². The molecular formula is C14H17NO3. The summed E-state index contributed by atoms with van der Waals surface area (Å²) in [6, 6.07) is 7.67. The number of fused-ring (bicyclic) bond motifs is 1. The molecule has 18 heavy (non-hydrogen) atoms. The van der Waals surface area contributed by atoms with Gasteiger partial charge in [-0.05, 0) is 18.6 Å². The van der Waals surface area contributed by atoms with E-state index < -0.39 is 0 Å². The Balaban J connectivity index is 2.06. The van der Waals surface area contributed by atoms with Crippen LogP contribution in [0.3, 0.4) is 0 Å². The van der Waals surface area contributed by atoms with Gasteiger partial charge in [0.15, 0.2) is 5.76 Å². The standard InChI is InChI=1S/C14H17NO3/c1-10-4-3-5-11-8-13(18-14(10)11)12(16)9-15-6-7-17-2/h3-5,8,15H,6-7,9H2,1-2H3. The first-order valence-electron chi connectivity index (χ1n) is 5.94. The van der Waals surface area contributed by atoms with Crippen LogP contribution >= 0.6 is 0 Å². The molecule has 1 aromatic heterocycles. The van der Waals surface area contributed by atoms with Gasteiger partial charge in [0.2, 0.25) is 5.78 Å². The highest BCUT2D eigenvalue weighted by atomic mass is 16.5. The van der Waals surface area contributed by atoms with Gasteiger partial charge in [-0.3, -0.25) is 4.79 Å². The van der Waals surface area contributed by atoms with E-state index >= 15 is 0 Å². The molecule has 0 aliphatic rings. The second-order valence-electron chi connectivity index (χ2n) is 4.20. The van der Waals surface area contributed by atoms with Gasteiger partial charge in [-0.1, -0.05) is 18.2 Å². The number of para-hydroxylation sites is 1. The fourth-order valence-electron chi connectivity index (χ4n) is 1.81. The third kappa shape index (κ3) is 2.78. The number of carbonyl (C=O) groups excluding carboxylic acids is 1. The molecule has 0 unspecified atom stereocenters. The number of furan rings is 1. The molecule has 2 rings (SSSR count). The number of ether oxygens (including phenoxy) is 1. The zero-order chi connectivity index (χ0) is 13.0. The van der Waals surface area contributed by atoms with E-state index in [4.69, 9.17) is 9.15 Å². The molecule has 0 radical (unpaired) electrons. The molecule has 4 nitrogen and oxygen atoms in total. The molecule has 0 saturated heterocycles. The van der Waals surface area contributed by atoms with Crippen LogP contribution in [0.5, 0.6) is 0 Å². The van der Waals surface area contributed by atoms with Gasteiger partial charge in [0.1, 0.15) is 5.58 Å². The fraction of sp³-hybridized carbons (Fsp3) is 0.357. The summed E-state index contributed by atoms with van der Waals surface area (Å²) >= 11 is 0. The van der Waals surface area contributed by atoms with E-state index in [-0.39, 0.29) is 12.3 Å². The molecular weight excluding hydrogens is 230 g/mol. The number of Topliss-reactive ketones (excluding diaryl/α,β-unsaturated/α-hetero) is 1. The Morgan fingerprint density at radius 2 is 2.28 bits per heavy atom. The van der Waals surface area contributed by atoms with Crippen molar-refractivity contribution in [2.75, 3.05) is 26.8 Å². The Kier molecular flexibility index (Phi) is 4.12. The first-order chi connectivity index (χ1) is 8.72. The third-order valence-electron chi connectivity index (χ3n) is 2.78. The van der Waals surface area contributed by atoms with Gasteiger partial charge in [0, 0.05) is 19.0 Å². The van der Waals surface area contributed by atoms with E-state index in [0.29, 0.717) is 18.9 Å². The molecule has 0 amide bonds. The summed E-state index contributed by atoms with van der Waals surface area (Å²) < 4.78 is 10.5. The van der Waals surface area contributed by atoms with Crippen molar-refractivity contribution >= 4 is 16.8 Å². The van der Waals surface area contributed by atoms with Gasteiger partial charge in [-0.2, -0.15) is 0 Å². The minimum Gasteiger partial charge on any atom is -0.453 e. The van der Waals surface area contributed by atoms with Crippen LogP contribution in [-0.4, -0.2) is 32.6 Å². The lowest BCUT2D eigenvalue weighted by Gasteiger charge is -2.00. The summed E-state index contributed by atoms with van der Waals surface area (Å²) in [7, 11) is 1.63. The number of ketones is 1. The number of rotatable bonds is 6. The molecule has 96 valence electrons. The van der Waals surface area contributed by atoms with Crippen molar-refractivity contribution in [3.05, 3.63) is 35.6 Å². The predicted octanol–water partition coefficient (Wildman–Crippen LogP) is 2.16. The van der Waals surface area contributed by atoms with E-state index in [1.54, 1.807) is 13.2 Å². The zero-order valence-electron chi connectivity index (χ0n) is 10.7. The lowest BCUT2D eigenvalue weighted by molar-refractivity contribution is 0.0963. The van der Waals surface area contributed by atoms with E-state index in [2.05, 4.69) is 5.32 Å². The monoisotopic (exact) mass is 247 g/mol. The van der Waals surface area contributed by atoms with Crippen molar-refractivity contribution in [1.82, 2.24) is 5.32 Å². The van der Waals surface area contributed by atoms with Crippen LogP contribution in [0.1, 0.15) is 16.1 Å². The van der Waals surface area contributed by atoms with E-state index in [9.17, 15) is 4.79 Å². The van der Waals surface area contributed by atoms with Crippen molar-refractivity contribution in [3.8, 4) is 0 Å². The Bertz CT molecular complexity index is 545. The number of carbonyl (C=O) groups is 1. The Morgan fingerprint density at radius 3 is 3.00 bits per heavy atom. The number of hydrogen-bond donors (Lipinski definition) is 1. The second kappa shape index (κ2) is 5.80. The molecule has 0 bridgehead atoms. The summed E-state index contributed by atoms with van der Waals surface area (Å²) in [6.07, 6.45) is 0. The zero-order valence-corrected chi connectivity index (χ0v) is 10.7. The quantitative estimate of drug-likeness (QED) is 0.628. The topological polar surface area (TPSA) is 51.5 Å². The van der Waals surface area contributed by atoms with Gasteiger partial charge in [-0.25, -0.2) is 0 Å². The summed E-state index contributed by atoms with van der Waals surface area (Å²) in [5, 5.41) is 3.98. The number of benzene rings is 1. The van der Waals surface area contributed by atoms with E-state index in [1.165, 1.54) is 0 Å². The summed E-state index contributed by atoms with van der Waals surface area (Å²) in [5.74, 6) is 0.367. The van der Waals surface area contributed by atoms with Crippen LogP contribution in [-0.2, 0) is 4.74 Å². The molecule has 4 heteroatoms. The first-order valence-corrected chi connectivity index (χ1v) is 5.94. The first kappa shape index (κ1) is 12.8. The maximum absolute atomic E-state index is 11.9. The number of nitrogens with one attached hydrogen (secondary N) is 1. The van der Waals surface area contributed by atoms with Gasteiger partial charge < -0.3 is 14.5 Å². The maximum Gasteiger partial charge on any atom is 0.211 e. The third-order valence-corrected chi connectivity index (χ3v) is 2.78. The number of aryl methyl sites for hydroxylation is 1. The van der Waals surface area contributed by atoms with Gasteiger partial charge >= 0.3 is 0 Å². The normalized spacial score (nSPS) is 11.0. The van der Waals surface area contributed by atoms with Crippen LogP contribution in [0.4, 0.5) is 0 Å². The smallest absolute Gasteiger partial charge is 0.211 e. The average Bonchev–Trinajstić information content (AvgIpc) is 2.80. The van der Waals surface area contributed by atoms with E-state index in [1.807, 2.05) is 25.1 Å². The van der Waals surface area contributed by atoms with Crippen molar-refractivity contribution in [2.45, 2.75) is 6.92 Å². The molecule has 2 aromatic rings. The van der Waals surface area contributed by atoms with Crippen molar-refractivity contribution in [1.29, 1.82) is 0 Å². The molecule has 0 saturated carbocycles. The van der Waals surface area contributed by atoms with Crippen molar-refractivity contribution in [3.63, 3.8) is 0 Å². The number of methoxy groups -OCH3 is 1. The lowest BCUT2D eigenvalue weighted by atomic mass is 10.2. The van der Waals surface area contributed by atoms with Crippen LogP contribution in [0.25, 0.3) is 11.0 Å². The highest BCUT2D eigenvalue weighted by molar-refractivity contribution is 5.99. The highest BCUT2D eigenvalue weighted by Crippen LogP contribution is 2.22. The summed E-state index contributed by atoms with van der Waals surface area (Å²) in [6.45, 7) is 3.48. The lowest BCUT2D eigenvalue weighted by Crippen LogP contribution is -2.26. The van der Waals surface area contributed by atoms with Gasteiger partial charge in [0.05, 0.1) is 13.2 Å². The van der Waals surface area contributed by atoms with Gasteiger partial charge in [-0.15, -0.1) is 0 Å². The largest absolute Gasteiger partial charge is 0.453 e. The Labute approximate surface area is 106 Å². The average molecular weight is 247 g/mol. The SMILES string of the molecule is COCCNCC(=O)c1cc2cccc(C)c2o1. The molecule has 1 N–H and O–H groups in total. The minimum absolute atomic E-state index is 0.0401. The Hall–Kier alpha value is -1.65. The van der Waals surface area contributed by atoms with Crippen LogP contribution in [0.2, 0.25) is 0 Å². The van der Waals surface area contributed by atoms with Crippen LogP contribution < -0.4 is 5.32 Å². The molecule has 0 atom stereocenters. The predicted molar refractivity (Wildman–Crippen MR) is 70.0 cm³/mol.